The number of nitrogens with zero attached hydrogens (tertiary/aromatic N) is 2. The molecule has 0 unspecified atom stereocenters. The van der Waals surface area contributed by atoms with Crippen LogP contribution in [-0.2, 0) is 0 Å². The van der Waals surface area contributed by atoms with Crippen molar-refractivity contribution >= 4 is 35.8 Å². The normalized spacial score (nSPS) is 14.0. The van der Waals surface area contributed by atoms with Crippen molar-refractivity contribution in [2.24, 2.45) is 4.99 Å². The number of rotatable bonds is 3. The molecule has 0 saturated carbocycles. The van der Waals surface area contributed by atoms with Gasteiger partial charge in [-0.05, 0) is 48.0 Å². The van der Waals surface area contributed by atoms with Crippen LogP contribution in [0.1, 0.15) is 36.5 Å². The molecule has 0 radical (unpaired) electrons. The molecular formula is C22H19N3O2S. The Bertz CT molecular complexity index is 1230. The summed E-state index contributed by atoms with van der Waals surface area (Å²) in [7, 11) is 0. The molecule has 0 aliphatic carbocycles. The summed E-state index contributed by atoms with van der Waals surface area (Å²) in [6, 6.07) is 15.4. The molecule has 0 amide bonds. The van der Waals surface area contributed by atoms with Crippen LogP contribution < -0.4 is 5.56 Å². The van der Waals surface area contributed by atoms with Crippen LogP contribution in [-0.4, -0.2) is 20.9 Å². The SMILES string of the molecule is CC(C)c1ccc(-n2c(O)c(/C=C3\C=Nc4ccccc43)c(=O)[nH]c2=S)cc1. The molecule has 2 N–H and O–H groups in total. The van der Waals surface area contributed by atoms with Gasteiger partial charge in [0.15, 0.2) is 4.77 Å². The highest BCUT2D eigenvalue weighted by Crippen LogP contribution is 2.33. The number of para-hydroxylation sites is 1. The van der Waals surface area contributed by atoms with E-state index in [1.165, 1.54) is 10.1 Å². The third-order valence-corrected chi connectivity index (χ3v) is 5.08. The van der Waals surface area contributed by atoms with E-state index in [4.69, 9.17) is 12.2 Å². The Hall–Kier alpha value is -3.25. The van der Waals surface area contributed by atoms with Crippen LogP contribution >= 0.6 is 12.2 Å². The highest BCUT2D eigenvalue weighted by Gasteiger charge is 2.16. The van der Waals surface area contributed by atoms with Gasteiger partial charge in [0.1, 0.15) is 5.56 Å². The van der Waals surface area contributed by atoms with Gasteiger partial charge in [0.2, 0.25) is 5.88 Å². The molecule has 0 fully saturated rings. The summed E-state index contributed by atoms with van der Waals surface area (Å²) in [4.78, 5) is 19.5. The van der Waals surface area contributed by atoms with Gasteiger partial charge in [-0.15, -0.1) is 0 Å². The van der Waals surface area contributed by atoms with Crippen LogP contribution in [0.5, 0.6) is 5.88 Å². The Morgan fingerprint density at radius 2 is 1.86 bits per heavy atom. The van der Waals surface area contributed by atoms with E-state index >= 15 is 0 Å². The molecule has 28 heavy (non-hydrogen) atoms. The number of aromatic hydroxyl groups is 1. The molecule has 0 atom stereocenters. The number of aliphatic imine (C=N–C) groups is 1. The van der Waals surface area contributed by atoms with E-state index in [1.54, 1.807) is 12.3 Å². The topological polar surface area (TPSA) is 70.4 Å². The van der Waals surface area contributed by atoms with Crippen molar-refractivity contribution in [2.75, 3.05) is 0 Å². The van der Waals surface area contributed by atoms with Crippen molar-refractivity contribution in [3.63, 3.8) is 0 Å². The quantitative estimate of drug-likeness (QED) is 0.621. The zero-order chi connectivity index (χ0) is 19.8. The van der Waals surface area contributed by atoms with Crippen molar-refractivity contribution < 1.29 is 5.11 Å². The number of hydrogen-bond acceptors (Lipinski definition) is 4. The summed E-state index contributed by atoms with van der Waals surface area (Å²) in [5.74, 6) is 0.199. The summed E-state index contributed by atoms with van der Waals surface area (Å²) >= 11 is 5.30. The van der Waals surface area contributed by atoms with E-state index in [9.17, 15) is 9.90 Å². The van der Waals surface area contributed by atoms with Gasteiger partial charge >= 0.3 is 0 Å². The molecule has 1 aromatic heterocycles. The maximum Gasteiger partial charge on any atom is 0.262 e. The Kier molecular flexibility index (Phi) is 4.57. The van der Waals surface area contributed by atoms with Crippen LogP contribution in [0, 0.1) is 4.77 Å². The second-order valence-corrected chi connectivity index (χ2v) is 7.34. The van der Waals surface area contributed by atoms with Crippen LogP contribution in [0.3, 0.4) is 0 Å². The fourth-order valence-electron chi connectivity index (χ4n) is 3.23. The summed E-state index contributed by atoms with van der Waals surface area (Å²) in [6.45, 7) is 4.23. The second kappa shape index (κ2) is 7.05. The summed E-state index contributed by atoms with van der Waals surface area (Å²) in [5, 5.41) is 10.9. The third kappa shape index (κ3) is 3.12. The summed E-state index contributed by atoms with van der Waals surface area (Å²) < 4.78 is 1.60. The number of aromatic amines is 1. The lowest BCUT2D eigenvalue weighted by Gasteiger charge is -2.13. The Balaban J connectivity index is 1.86. The molecule has 2 aromatic carbocycles. The zero-order valence-corrected chi connectivity index (χ0v) is 16.3. The Morgan fingerprint density at radius 1 is 1.14 bits per heavy atom. The first-order valence-corrected chi connectivity index (χ1v) is 9.40. The first-order valence-electron chi connectivity index (χ1n) is 8.99. The number of allylic oxidation sites excluding steroid dienone is 1. The van der Waals surface area contributed by atoms with Gasteiger partial charge in [-0.2, -0.15) is 0 Å². The summed E-state index contributed by atoms with van der Waals surface area (Å²) in [5.41, 5.74) is 4.07. The first-order chi connectivity index (χ1) is 13.5. The molecule has 0 spiro atoms. The highest BCUT2D eigenvalue weighted by atomic mass is 32.1. The van der Waals surface area contributed by atoms with E-state index in [-0.39, 0.29) is 16.2 Å². The number of H-pyrrole nitrogens is 1. The smallest absolute Gasteiger partial charge is 0.262 e. The number of fused-ring (bicyclic) bond motifs is 1. The van der Waals surface area contributed by atoms with Crippen molar-refractivity contribution in [2.45, 2.75) is 19.8 Å². The molecule has 0 saturated heterocycles. The molecule has 5 nitrogen and oxygen atoms in total. The van der Waals surface area contributed by atoms with Crippen LogP contribution in [0.25, 0.3) is 17.3 Å². The fraction of sp³-hybridized carbons (Fsp3) is 0.136. The molecule has 0 bridgehead atoms. The maximum atomic E-state index is 12.5. The van der Waals surface area contributed by atoms with Crippen LogP contribution in [0.4, 0.5) is 5.69 Å². The predicted octanol–water partition coefficient (Wildman–Crippen LogP) is 4.98. The van der Waals surface area contributed by atoms with E-state index in [1.807, 2.05) is 48.5 Å². The lowest BCUT2D eigenvalue weighted by molar-refractivity contribution is 0.432. The highest BCUT2D eigenvalue weighted by molar-refractivity contribution is 7.71. The van der Waals surface area contributed by atoms with Gasteiger partial charge in [-0.3, -0.25) is 19.3 Å². The Morgan fingerprint density at radius 3 is 2.57 bits per heavy atom. The number of nitrogens with one attached hydrogen (secondary N) is 1. The van der Waals surface area contributed by atoms with E-state index in [0.29, 0.717) is 11.6 Å². The van der Waals surface area contributed by atoms with E-state index in [0.717, 1.165) is 16.8 Å². The average molecular weight is 389 g/mol. The minimum Gasteiger partial charge on any atom is -0.494 e. The molecule has 6 heteroatoms. The molecule has 4 rings (SSSR count). The van der Waals surface area contributed by atoms with Gasteiger partial charge in [0.25, 0.3) is 5.56 Å². The molecular weight excluding hydrogens is 370 g/mol. The van der Waals surface area contributed by atoms with Crippen LogP contribution in [0.15, 0.2) is 58.3 Å². The standard InChI is InChI=1S/C22H19N3O2S/c1-13(2)14-7-9-16(10-8-14)25-21(27)18(20(26)24-22(25)28)11-15-12-23-19-6-4-3-5-17(15)19/h3-13,27H,1-2H3,(H,24,26,28)/b15-11+. The number of aromatic nitrogens is 2. The maximum absolute atomic E-state index is 12.5. The molecule has 1 aliphatic heterocycles. The first kappa shape index (κ1) is 18.1. The van der Waals surface area contributed by atoms with E-state index in [2.05, 4.69) is 23.8 Å². The number of hydrogen-bond donors (Lipinski definition) is 2. The number of benzene rings is 2. The van der Waals surface area contributed by atoms with Gasteiger partial charge < -0.3 is 5.11 Å². The fourth-order valence-corrected chi connectivity index (χ4v) is 3.51. The Labute approximate surface area is 167 Å². The van der Waals surface area contributed by atoms with Crippen molar-refractivity contribution in [1.29, 1.82) is 0 Å². The molecule has 140 valence electrons. The van der Waals surface area contributed by atoms with Crippen molar-refractivity contribution in [3.05, 3.63) is 80.3 Å². The van der Waals surface area contributed by atoms with Crippen molar-refractivity contribution in [3.8, 4) is 11.6 Å². The molecule has 1 aliphatic rings. The van der Waals surface area contributed by atoms with Gasteiger partial charge in [0, 0.05) is 17.4 Å². The second-order valence-electron chi connectivity index (χ2n) is 6.95. The van der Waals surface area contributed by atoms with Gasteiger partial charge in [-0.25, -0.2) is 0 Å². The third-order valence-electron chi connectivity index (χ3n) is 4.80. The van der Waals surface area contributed by atoms with Crippen molar-refractivity contribution in [1.82, 2.24) is 9.55 Å². The lowest BCUT2D eigenvalue weighted by atomic mass is 10.0. The predicted molar refractivity (Wildman–Crippen MR) is 115 cm³/mol. The van der Waals surface area contributed by atoms with Gasteiger partial charge in [-0.1, -0.05) is 44.2 Å². The monoisotopic (exact) mass is 389 g/mol. The summed E-state index contributed by atoms with van der Waals surface area (Å²) in [6.07, 6.45) is 3.32. The largest absolute Gasteiger partial charge is 0.494 e. The molecule has 3 aromatic rings. The van der Waals surface area contributed by atoms with E-state index < -0.39 is 5.56 Å². The minimum atomic E-state index is -0.442. The average Bonchev–Trinajstić information content (AvgIpc) is 3.08. The zero-order valence-electron chi connectivity index (χ0n) is 15.5. The lowest BCUT2D eigenvalue weighted by Crippen LogP contribution is -2.16. The van der Waals surface area contributed by atoms with Crippen LogP contribution in [0.2, 0.25) is 0 Å². The minimum absolute atomic E-state index is 0.139. The van der Waals surface area contributed by atoms with Gasteiger partial charge in [0.05, 0.1) is 11.4 Å². The molecule has 2 heterocycles.